The van der Waals surface area contributed by atoms with E-state index in [4.69, 9.17) is 0 Å². The molecule has 2 aliphatic rings. The van der Waals surface area contributed by atoms with E-state index in [0.29, 0.717) is 21.2 Å². The molecule has 0 aromatic carbocycles. The minimum Gasteiger partial charge on any atom is -0.340 e. The van der Waals surface area contributed by atoms with Gasteiger partial charge in [0.15, 0.2) is 0 Å². The summed E-state index contributed by atoms with van der Waals surface area (Å²) in [6.07, 6.45) is 2.18. The average molecular weight is 293 g/mol. The van der Waals surface area contributed by atoms with Gasteiger partial charge in [-0.1, -0.05) is 36.4 Å². The van der Waals surface area contributed by atoms with Crippen LogP contribution in [0.15, 0.2) is 0 Å². The normalized spacial score (nSPS) is 28.1. The van der Waals surface area contributed by atoms with Gasteiger partial charge >= 0.3 is 0 Å². The van der Waals surface area contributed by atoms with Crippen LogP contribution in [0.3, 0.4) is 0 Å². The standard InChI is InChI=1S/C10H16INO/c1-10(2)3-7(4-10)9(13)12-5-8(11)6-12/h7-8H,3-6H2,1-2H3. The molecule has 0 spiro atoms. The predicted octanol–water partition coefficient (Wildman–Crippen LogP) is 2.07. The summed E-state index contributed by atoms with van der Waals surface area (Å²) in [5.41, 5.74) is 0.426. The van der Waals surface area contributed by atoms with Crippen LogP contribution in [-0.2, 0) is 4.79 Å². The van der Waals surface area contributed by atoms with Gasteiger partial charge in [0.2, 0.25) is 5.91 Å². The van der Waals surface area contributed by atoms with Gasteiger partial charge in [0.25, 0.3) is 0 Å². The Balaban J connectivity index is 1.80. The maximum Gasteiger partial charge on any atom is 0.225 e. The number of carbonyl (C=O) groups excluding carboxylic acids is 1. The van der Waals surface area contributed by atoms with Crippen molar-refractivity contribution in [3.63, 3.8) is 0 Å². The molecule has 1 aliphatic carbocycles. The van der Waals surface area contributed by atoms with E-state index in [1.807, 2.05) is 4.90 Å². The molecule has 1 saturated heterocycles. The molecule has 1 aliphatic heterocycles. The Bertz CT molecular complexity index is 225. The molecule has 0 aromatic heterocycles. The Labute approximate surface area is 93.2 Å². The van der Waals surface area contributed by atoms with Gasteiger partial charge in [-0.15, -0.1) is 0 Å². The van der Waals surface area contributed by atoms with Gasteiger partial charge in [-0.3, -0.25) is 4.79 Å². The highest BCUT2D eigenvalue weighted by Gasteiger charge is 2.43. The summed E-state index contributed by atoms with van der Waals surface area (Å²) in [7, 11) is 0. The van der Waals surface area contributed by atoms with Gasteiger partial charge < -0.3 is 4.90 Å². The first-order valence-corrected chi connectivity index (χ1v) is 6.15. The second-order valence-corrected chi connectivity index (χ2v) is 6.87. The number of halogens is 1. The third kappa shape index (κ3) is 1.85. The molecule has 13 heavy (non-hydrogen) atoms. The zero-order valence-corrected chi connectivity index (χ0v) is 10.4. The van der Waals surface area contributed by atoms with Crippen LogP contribution in [-0.4, -0.2) is 27.8 Å². The second kappa shape index (κ2) is 3.11. The Kier molecular flexibility index (Phi) is 2.33. The molecule has 0 unspecified atom stereocenters. The van der Waals surface area contributed by atoms with Crippen molar-refractivity contribution in [3.05, 3.63) is 0 Å². The summed E-state index contributed by atoms with van der Waals surface area (Å²) in [5.74, 6) is 0.756. The first-order chi connectivity index (χ1) is 5.98. The van der Waals surface area contributed by atoms with Crippen LogP contribution in [0.5, 0.6) is 0 Å². The first-order valence-electron chi connectivity index (χ1n) is 4.91. The molecule has 1 heterocycles. The van der Waals surface area contributed by atoms with Crippen LogP contribution in [0.4, 0.5) is 0 Å². The number of rotatable bonds is 1. The van der Waals surface area contributed by atoms with Crippen molar-refractivity contribution in [2.45, 2.75) is 30.6 Å². The molecule has 0 aromatic rings. The van der Waals surface area contributed by atoms with Gasteiger partial charge in [-0.2, -0.15) is 0 Å². The van der Waals surface area contributed by atoms with Crippen molar-refractivity contribution in [3.8, 4) is 0 Å². The fourth-order valence-electron chi connectivity index (χ4n) is 2.31. The van der Waals surface area contributed by atoms with Gasteiger partial charge in [-0.25, -0.2) is 0 Å². The molecule has 0 radical (unpaired) electrons. The van der Waals surface area contributed by atoms with Gasteiger partial charge in [-0.05, 0) is 18.3 Å². The number of nitrogens with zero attached hydrogens (tertiary/aromatic N) is 1. The lowest BCUT2D eigenvalue weighted by atomic mass is 9.64. The summed E-state index contributed by atoms with van der Waals surface area (Å²) in [6, 6.07) is 0. The molecular weight excluding hydrogens is 277 g/mol. The molecule has 1 saturated carbocycles. The lowest BCUT2D eigenvalue weighted by molar-refractivity contribution is -0.145. The largest absolute Gasteiger partial charge is 0.340 e. The van der Waals surface area contributed by atoms with Crippen LogP contribution >= 0.6 is 22.6 Å². The van der Waals surface area contributed by atoms with Crippen LogP contribution in [0.2, 0.25) is 0 Å². The fraction of sp³-hybridized carbons (Fsp3) is 0.900. The Morgan fingerprint density at radius 3 is 2.31 bits per heavy atom. The van der Waals surface area contributed by atoms with Crippen molar-refractivity contribution in [1.29, 1.82) is 0 Å². The summed E-state index contributed by atoms with van der Waals surface area (Å²) < 4.78 is 0.703. The third-order valence-electron chi connectivity index (χ3n) is 3.10. The van der Waals surface area contributed by atoms with Crippen LogP contribution in [0.1, 0.15) is 26.7 Å². The van der Waals surface area contributed by atoms with Crippen molar-refractivity contribution < 1.29 is 4.79 Å². The molecule has 2 fully saturated rings. The Hall–Kier alpha value is 0.200. The topological polar surface area (TPSA) is 20.3 Å². The summed E-state index contributed by atoms with van der Waals surface area (Å²) in [5, 5.41) is 0. The third-order valence-corrected chi connectivity index (χ3v) is 3.88. The monoisotopic (exact) mass is 293 g/mol. The molecule has 0 bridgehead atoms. The molecule has 2 nitrogen and oxygen atoms in total. The zero-order chi connectivity index (χ0) is 9.64. The average Bonchev–Trinajstić information content (AvgIpc) is 1.92. The van der Waals surface area contributed by atoms with E-state index in [-0.39, 0.29) is 0 Å². The molecule has 3 heteroatoms. The van der Waals surface area contributed by atoms with E-state index in [1.54, 1.807) is 0 Å². The molecule has 2 rings (SSSR count). The van der Waals surface area contributed by atoms with Crippen molar-refractivity contribution in [1.82, 2.24) is 4.90 Å². The second-order valence-electron chi connectivity index (χ2n) is 5.11. The number of hydrogen-bond acceptors (Lipinski definition) is 1. The summed E-state index contributed by atoms with van der Waals surface area (Å²) in [6.45, 7) is 6.45. The van der Waals surface area contributed by atoms with Crippen molar-refractivity contribution >= 4 is 28.5 Å². The molecule has 74 valence electrons. The Morgan fingerprint density at radius 1 is 1.38 bits per heavy atom. The van der Waals surface area contributed by atoms with E-state index < -0.39 is 0 Å². The van der Waals surface area contributed by atoms with E-state index in [0.717, 1.165) is 25.9 Å². The molecule has 1 amide bonds. The van der Waals surface area contributed by atoms with Gasteiger partial charge in [0.1, 0.15) is 0 Å². The number of carbonyl (C=O) groups is 1. The first kappa shape index (κ1) is 9.74. The molecule has 0 N–H and O–H groups in total. The summed E-state index contributed by atoms with van der Waals surface area (Å²) in [4.78, 5) is 13.8. The molecular formula is C10H16INO. The minimum absolute atomic E-state index is 0.346. The van der Waals surface area contributed by atoms with Crippen molar-refractivity contribution in [2.24, 2.45) is 11.3 Å². The lowest BCUT2D eigenvalue weighted by Gasteiger charge is -2.46. The van der Waals surface area contributed by atoms with Crippen molar-refractivity contribution in [2.75, 3.05) is 13.1 Å². The highest BCUT2D eigenvalue weighted by atomic mass is 127. The van der Waals surface area contributed by atoms with Crippen LogP contribution in [0, 0.1) is 11.3 Å². The number of hydrogen-bond donors (Lipinski definition) is 0. The number of alkyl halides is 1. The van der Waals surface area contributed by atoms with Crippen LogP contribution in [0.25, 0.3) is 0 Å². The smallest absolute Gasteiger partial charge is 0.225 e. The van der Waals surface area contributed by atoms with E-state index in [2.05, 4.69) is 36.4 Å². The maximum atomic E-state index is 11.8. The fourth-order valence-corrected chi connectivity index (χ4v) is 3.26. The van der Waals surface area contributed by atoms with Gasteiger partial charge in [0, 0.05) is 22.9 Å². The maximum absolute atomic E-state index is 11.8. The zero-order valence-electron chi connectivity index (χ0n) is 8.22. The minimum atomic E-state index is 0.346. The quantitative estimate of drug-likeness (QED) is 0.535. The predicted molar refractivity (Wildman–Crippen MR) is 60.9 cm³/mol. The molecule has 0 atom stereocenters. The lowest BCUT2D eigenvalue weighted by Crippen LogP contribution is -2.55. The Morgan fingerprint density at radius 2 is 1.92 bits per heavy atom. The number of likely N-dealkylation sites (tertiary alicyclic amines) is 1. The summed E-state index contributed by atoms with van der Waals surface area (Å²) >= 11 is 2.41. The van der Waals surface area contributed by atoms with Crippen LogP contribution < -0.4 is 0 Å². The number of amides is 1. The highest BCUT2D eigenvalue weighted by Crippen LogP contribution is 2.45. The van der Waals surface area contributed by atoms with Gasteiger partial charge in [0.05, 0.1) is 0 Å². The van der Waals surface area contributed by atoms with E-state index >= 15 is 0 Å². The van der Waals surface area contributed by atoms with E-state index in [1.165, 1.54) is 0 Å². The highest BCUT2D eigenvalue weighted by molar-refractivity contribution is 14.1. The SMILES string of the molecule is CC1(C)CC(C(=O)N2CC(I)C2)C1. The van der Waals surface area contributed by atoms with E-state index in [9.17, 15) is 4.79 Å².